The molecule has 0 radical (unpaired) electrons. The number of rotatable bonds is 10. The van der Waals surface area contributed by atoms with Gasteiger partial charge in [-0.1, -0.05) is 13.8 Å². The standard InChI is InChI=1S/C20H26N2O7S2/c1-5-22(6-2)31(26,27)19-14-16(10-13-18(19)29-7-3)21-30(24,25)17-11-8-15(9-12-17)20(23)28-4/h8-14,21H,5-7H2,1-4H3. The van der Waals surface area contributed by atoms with Crippen LogP contribution in [0.4, 0.5) is 5.69 Å². The number of nitrogens with zero attached hydrogens (tertiary/aromatic N) is 1. The number of esters is 1. The fourth-order valence-electron chi connectivity index (χ4n) is 2.85. The lowest BCUT2D eigenvalue weighted by Crippen LogP contribution is -2.31. The number of benzene rings is 2. The van der Waals surface area contributed by atoms with Crippen molar-refractivity contribution in [3.8, 4) is 5.75 Å². The fraction of sp³-hybridized carbons (Fsp3) is 0.350. The van der Waals surface area contributed by atoms with Crippen molar-refractivity contribution in [1.82, 2.24) is 4.31 Å². The summed E-state index contributed by atoms with van der Waals surface area (Å²) in [5, 5.41) is 0. The molecule has 0 amide bonds. The van der Waals surface area contributed by atoms with Crippen LogP contribution in [0, 0.1) is 0 Å². The lowest BCUT2D eigenvalue weighted by Gasteiger charge is -2.21. The second-order valence-corrected chi connectivity index (χ2v) is 9.89. The summed E-state index contributed by atoms with van der Waals surface area (Å²) in [6.45, 7) is 5.92. The van der Waals surface area contributed by atoms with Crippen molar-refractivity contribution in [2.75, 3.05) is 31.5 Å². The Labute approximate surface area is 183 Å². The quantitative estimate of drug-likeness (QED) is 0.530. The lowest BCUT2D eigenvalue weighted by molar-refractivity contribution is 0.0600. The van der Waals surface area contributed by atoms with Gasteiger partial charge in [0.15, 0.2) is 0 Å². The third-order valence-corrected chi connectivity index (χ3v) is 7.87. The van der Waals surface area contributed by atoms with Gasteiger partial charge in [-0.05, 0) is 49.4 Å². The van der Waals surface area contributed by atoms with Gasteiger partial charge < -0.3 is 9.47 Å². The summed E-state index contributed by atoms with van der Waals surface area (Å²) >= 11 is 0. The average Bonchev–Trinajstić information content (AvgIpc) is 2.75. The largest absolute Gasteiger partial charge is 0.492 e. The van der Waals surface area contributed by atoms with Crippen LogP contribution in [0.25, 0.3) is 0 Å². The van der Waals surface area contributed by atoms with Crippen molar-refractivity contribution < 1.29 is 31.1 Å². The van der Waals surface area contributed by atoms with E-state index in [9.17, 15) is 21.6 Å². The zero-order valence-corrected chi connectivity index (χ0v) is 19.4. The van der Waals surface area contributed by atoms with E-state index >= 15 is 0 Å². The van der Waals surface area contributed by atoms with Gasteiger partial charge in [0, 0.05) is 13.1 Å². The molecule has 9 nitrogen and oxygen atoms in total. The summed E-state index contributed by atoms with van der Waals surface area (Å²) in [6, 6.07) is 9.25. The minimum atomic E-state index is -4.03. The maximum atomic E-state index is 13.0. The first-order valence-corrected chi connectivity index (χ1v) is 12.5. The van der Waals surface area contributed by atoms with Gasteiger partial charge in [0.25, 0.3) is 10.0 Å². The number of methoxy groups -OCH3 is 1. The SMILES string of the molecule is CCOc1ccc(NS(=O)(=O)c2ccc(C(=O)OC)cc2)cc1S(=O)(=O)N(CC)CC. The molecule has 1 N–H and O–H groups in total. The monoisotopic (exact) mass is 470 g/mol. The molecule has 31 heavy (non-hydrogen) atoms. The highest BCUT2D eigenvalue weighted by atomic mass is 32.2. The number of hydrogen-bond acceptors (Lipinski definition) is 7. The van der Waals surface area contributed by atoms with E-state index in [1.54, 1.807) is 20.8 Å². The normalized spacial score (nSPS) is 11.9. The number of carbonyl (C=O) groups is 1. The van der Waals surface area contributed by atoms with Crippen LogP contribution in [-0.4, -0.2) is 53.9 Å². The van der Waals surface area contributed by atoms with E-state index < -0.39 is 26.0 Å². The minimum absolute atomic E-state index is 0.0613. The van der Waals surface area contributed by atoms with Crippen molar-refractivity contribution >= 4 is 31.7 Å². The Morgan fingerprint density at radius 3 is 2.10 bits per heavy atom. The molecule has 0 aromatic heterocycles. The Morgan fingerprint density at radius 2 is 1.58 bits per heavy atom. The molecule has 0 fully saturated rings. The number of nitrogens with one attached hydrogen (secondary N) is 1. The van der Waals surface area contributed by atoms with Gasteiger partial charge in [0.1, 0.15) is 10.6 Å². The maximum absolute atomic E-state index is 13.0. The summed E-state index contributed by atoms with van der Waals surface area (Å²) in [6.07, 6.45) is 0. The van der Waals surface area contributed by atoms with Crippen LogP contribution in [-0.2, 0) is 24.8 Å². The first kappa shape index (κ1) is 24.6. The van der Waals surface area contributed by atoms with E-state index in [1.807, 2.05) is 0 Å². The molecular weight excluding hydrogens is 444 g/mol. The molecule has 0 aliphatic heterocycles. The fourth-order valence-corrected chi connectivity index (χ4v) is 5.52. The molecule has 0 saturated carbocycles. The van der Waals surface area contributed by atoms with E-state index in [0.29, 0.717) is 0 Å². The van der Waals surface area contributed by atoms with Crippen molar-refractivity contribution in [3.63, 3.8) is 0 Å². The molecule has 0 unspecified atom stereocenters. The number of hydrogen-bond donors (Lipinski definition) is 1. The third kappa shape index (κ3) is 5.54. The van der Waals surface area contributed by atoms with Crippen LogP contribution in [0.15, 0.2) is 52.3 Å². The van der Waals surface area contributed by atoms with Crippen LogP contribution >= 0.6 is 0 Å². The summed E-state index contributed by atoms with van der Waals surface area (Å²) < 4.78 is 65.2. The number of ether oxygens (including phenoxy) is 2. The van der Waals surface area contributed by atoms with Crippen LogP contribution in [0.3, 0.4) is 0 Å². The van der Waals surface area contributed by atoms with Crippen LogP contribution in [0.1, 0.15) is 31.1 Å². The van der Waals surface area contributed by atoms with Crippen molar-refractivity contribution in [1.29, 1.82) is 0 Å². The molecule has 0 atom stereocenters. The first-order chi connectivity index (χ1) is 14.6. The summed E-state index contributed by atoms with van der Waals surface area (Å²) in [5.41, 5.74) is 0.265. The number of sulfonamides is 2. The van der Waals surface area contributed by atoms with Gasteiger partial charge in [-0.2, -0.15) is 4.31 Å². The Balaban J connectivity index is 2.44. The minimum Gasteiger partial charge on any atom is -0.492 e. The smallest absolute Gasteiger partial charge is 0.337 e. The highest BCUT2D eigenvalue weighted by molar-refractivity contribution is 7.92. The van der Waals surface area contributed by atoms with Gasteiger partial charge in [-0.3, -0.25) is 4.72 Å². The highest BCUT2D eigenvalue weighted by Crippen LogP contribution is 2.31. The summed E-state index contributed by atoms with van der Waals surface area (Å²) in [7, 11) is -6.70. The van der Waals surface area contributed by atoms with Crippen molar-refractivity contribution in [2.45, 2.75) is 30.6 Å². The Kier molecular flexibility index (Phi) is 8.04. The molecule has 2 aromatic carbocycles. The van der Waals surface area contributed by atoms with Crippen LogP contribution in [0.5, 0.6) is 5.75 Å². The second-order valence-electron chi connectivity index (χ2n) is 6.31. The molecule has 2 rings (SSSR count). The molecule has 0 aliphatic carbocycles. The van der Waals surface area contributed by atoms with Crippen LogP contribution in [0.2, 0.25) is 0 Å². The van der Waals surface area contributed by atoms with Gasteiger partial charge in [0.05, 0.1) is 29.9 Å². The van der Waals surface area contributed by atoms with E-state index in [1.165, 1.54) is 53.9 Å². The predicted octanol–water partition coefficient (Wildman–Crippen LogP) is 2.70. The van der Waals surface area contributed by atoms with Crippen LogP contribution < -0.4 is 9.46 Å². The number of carbonyl (C=O) groups excluding carboxylic acids is 1. The molecule has 0 bridgehead atoms. The Bertz CT molecular complexity index is 1120. The van der Waals surface area contributed by atoms with Gasteiger partial charge in [0.2, 0.25) is 10.0 Å². The molecule has 0 saturated heterocycles. The molecule has 2 aromatic rings. The predicted molar refractivity (Wildman–Crippen MR) is 116 cm³/mol. The topological polar surface area (TPSA) is 119 Å². The summed E-state index contributed by atoms with van der Waals surface area (Å²) in [4.78, 5) is 11.3. The molecule has 0 aliphatic rings. The third-order valence-electron chi connectivity index (χ3n) is 4.40. The van der Waals surface area contributed by atoms with E-state index in [2.05, 4.69) is 9.46 Å². The van der Waals surface area contributed by atoms with E-state index in [-0.39, 0.29) is 46.5 Å². The maximum Gasteiger partial charge on any atom is 0.337 e. The molecule has 0 spiro atoms. The zero-order chi connectivity index (χ0) is 23.2. The van der Waals surface area contributed by atoms with E-state index in [4.69, 9.17) is 4.74 Å². The van der Waals surface area contributed by atoms with Gasteiger partial charge in [-0.15, -0.1) is 0 Å². The summed E-state index contributed by atoms with van der Waals surface area (Å²) in [5.74, 6) is -0.450. The van der Waals surface area contributed by atoms with Gasteiger partial charge in [-0.25, -0.2) is 21.6 Å². The molecular formula is C20H26N2O7S2. The molecule has 0 heterocycles. The zero-order valence-electron chi connectivity index (χ0n) is 17.8. The number of anilines is 1. The van der Waals surface area contributed by atoms with Gasteiger partial charge >= 0.3 is 5.97 Å². The second kappa shape index (κ2) is 10.1. The van der Waals surface area contributed by atoms with Crippen molar-refractivity contribution in [3.05, 3.63) is 48.0 Å². The average molecular weight is 471 g/mol. The molecule has 170 valence electrons. The first-order valence-electron chi connectivity index (χ1n) is 9.58. The Morgan fingerprint density at radius 1 is 0.968 bits per heavy atom. The Hall–Kier alpha value is -2.63. The lowest BCUT2D eigenvalue weighted by atomic mass is 10.2. The highest BCUT2D eigenvalue weighted by Gasteiger charge is 2.27. The van der Waals surface area contributed by atoms with Crippen molar-refractivity contribution in [2.24, 2.45) is 0 Å². The molecule has 11 heteroatoms. The van der Waals surface area contributed by atoms with E-state index in [0.717, 1.165) is 0 Å².